The molecular formula is C10H22N2O. The molecule has 0 saturated carbocycles. The molecule has 0 fully saturated rings. The topological polar surface area (TPSA) is 55.1 Å². The second kappa shape index (κ2) is 9.52. The number of hydrogen-bond acceptors (Lipinski definition) is 2. The third-order valence-electron chi connectivity index (χ3n) is 1.96. The quantitative estimate of drug-likeness (QED) is 0.563. The van der Waals surface area contributed by atoms with Crippen LogP contribution in [-0.4, -0.2) is 19.0 Å². The highest BCUT2D eigenvalue weighted by molar-refractivity contribution is 5.75. The molecule has 78 valence electrons. The molecule has 0 aliphatic carbocycles. The van der Waals surface area contributed by atoms with Crippen molar-refractivity contribution in [3.8, 4) is 0 Å². The van der Waals surface area contributed by atoms with E-state index in [2.05, 4.69) is 12.2 Å². The van der Waals surface area contributed by atoms with Crippen molar-refractivity contribution in [2.24, 2.45) is 5.73 Å². The van der Waals surface area contributed by atoms with Crippen LogP contribution in [0.3, 0.4) is 0 Å². The second-order valence-electron chi connectivity index (χ2n) is 3.30. The van der Waals surface area contributed by atoms with E-state index in [9.17, 15) is 4.79 Å². The lowest BCUT2D eigenvalue weighted by Gasteiger charge is -2.03. The normalized spacial score (nSPS) is 10.0. The van der Waals surface area contributed by atoms with Gasteiger partial charge >= 0.3 is 0 Å². The van der Waals surface area contributed by atoms with E-state index >= 15 is 0 Å². The Morgan fingerprint density at radius 3 is 2.62 bits per heavy atom. The zero-order chi connectivity index (χ0) is 9.94. The molecule has 0 aromatic heterocycles. The summed E-state index contributed by atoms with van der Waals surface area (Å²) in [7, 11) is 0. The summed E-state index contributed by atoms with van der Waals surface area (Å²) in [6, 6.07) is 0. The average Bonchev–Trinajstić information content (AvgIpc) is 2.13. The molecule has 0 bridgehead atoms. The number of hydrogen-bond donors (Lipinski definition) is 2. The van der Waals surface area contributed by atoms with Crippen LogP contribution in [0, 0.1) is 0 Å². The van der Waals surface area contributed by atoms with Crippen molar-refractivity contribution >= 4 is 5.91 Å². The van der Waals surface area contributed by atoms with Crippen LogP contribution >= 0.6 is 0 Å². The van der Waals surface area contributed by atoms with E-state index in [1.54, 1.807) is 0 Å². The summed E-state index contributed by atoms with van der Waals surface area (Å²) in [4.78, 5) is 11.1. The predicted octanol–water partition coefficient (Wildman–Crippen LogP) is 1.42. The molecule has 0 aromatic carbocycles. The number of unbranched alkanes of at least 4 members (excludes halogenated alkanes) is 3. The van der Waals surface area contributed by atoms with E-state index in [1.807, 2.05) is 0 Å². The van der Waals surface area contributed by atoms with Gasteiger partial charge in [0.1, 0.15) is 0 Å². The van der Waals surface area contributed by atoms with Crippen LogP contribution < -0.4 is 11.1 Å². The van der Waals surface area contributed by atoms with E-state index in [0.29, 0.717) is 13.0 Å². The zero-order valence-corrected chi connectivity index (χ0v) is 8.64. The lowest BCUT2D eigenvalue weighted by molar-refractivity contribution is -0.121. The van der Waals surface area contributed by atoms with Crippen molar-refractivity contribution in [3.63, 3.8) is 0 Å². The molecule has 0 spiro atoms. The third kappa shape index (κ3) is 9.34. The highest BCUT2D eigenvalue weighted by Gasteiger charge is 1.98. The summed E-state index contributed by atoms with van der Waals surface area (Å²) in [6.07, 6.45) is 5.98. The predicted molar refractivity (Wildman–Crippen MR) is 55.4 cm³/mol. The van der Waals surface area contributed by atoms with Gasteiger partial charge in [0.05, 0.1) is 0 Å². The number of rotatable bonds is 8. The summed E-state index contributed by atoms with van der Waals surface area (Å²) >= 11 is 0. The summed E-state index contributed by atoms with van der Waals surface area (Å²) in [5.74, 6) is 0.171. The third-order valence-corrected chi connectivity index (χ3v) is 1.96. The van der Waals surface area contributed by atoms with Gasteiger partial charge in [-0.3, -0.25) is 4.79 Å². The Bertz CT molecular complexity index is 126. The maximum absolute atomic E-state index is 11.1. The number of nitrogens with one attached hydrogen (secondary N) is 1. The standard InChI is InChI=1S/C10H22N2O/c1-2-3-6-9-12-10(13)7-4-5-8-11/h2-9,11H2,1H3,(H,12,13). The first-order valence-corrected chi connectivity index (χ1v) is 5.28. The molecule has 3 N–H and O–H groups in total. The summed E-state index contributed by atoms with van der Waals surface area (Å²) in [5.41, 5.74) is 5.32. The molecule has 0 radical (unpaired) electrons. The molecule has 0 unspecified atom stereocenters. The lowest BCUT2D eigenvalue weighted by Crippen LogP contribution is -2.24. The number of amides is 1. The summed E-state index contributed by atoms with van der Waals surface area (Å²) in [5, 5.41) is 2.90. The average molecular weight is 186 g/mol. The smallest absolute Gasteiger partial charge is 0.219 e. The van der Waals surface area contributed by atoms with Gasteiger partial charge < -0.3 is 11.1 Å². The van der Waals surface area contributed by atoms with Crippen LogP contribution in [0.5, 0.6) is 0 Å². The fourth-order valence-corrected chi connectivity index (χ4v) is 1.12. The largest absolute Gasteiger partial charge is 0.356 e. The Morgan fingerprint density at radius 1 is 1.23 bits per heavy atom. The maximum Gasteiger partial charge on any atom is 0.219 e. The van der Waals surface area contributed by atoms with Crippen LogP contribution in [0.1, 0.15) is 45.4 Å². The summed E-state index contributed by atoms with van der Waals surface area (Å²) in [6.45, 7) is 3.67. The molecule has 0 rings (SSSR count). The van der Waals surface area contributed by atoms with Crippen molar-refractivity contribution in [1.82, 2.24) is 5.32 Å². The fraction of sp³-hybridized carbons (Fsp3) is 0.900. The summed E-state index contributed by atoms with van der Waals surface area (Å²) < 4.78 is 0. The van der Waals surface area contributed by atoms with Gasteiger partial charge in [0.2, 0.25) is 5.91 Å². The number of carbonyl (C=O) groups excluding carboxylic acids is 1. The first-order valence-electron chi connectivity index (χ1n) is 5.28. The van der Waals surface area contributed by atoms with Crippen LogP contribution in [0.25, 0.3) is 0 Å². The molecule has 3 heteroatoms. The Labute approximate surface area is 81.1 Å². The van der Waals surface area contributed by atoms with Gasteiger partial charge in [0, 0.05) is 13.0 Å². The van der Waals surface area contributed by atoms with Gasteiger partial charge in [-0.2, -0.15) is 0 Å². The molecule has 0 aliphatic rings. The lowest BCUT2D eigenvalue weighted by atomic mass is 10.2. The van der Waals surface area contributed by atoms with Crippen molar-refractivity contribution < 1.29 is 4.79 Å². The van der Waals surface area contributed by atoms with E-state index in [-0.39, 0.29) is 5.91 Å². The molecule has 13 heavy (non-hydrogen) atoms. The van der Waals surface area contributed by atoms with Gasteiger partial charge in [-0.1, -0.05) is 19.8 Å². The fourth-order valence-electron chi connectivity index (χ4n) is 1.12. The van der Waals surface area contributed by atoms with Gasteiger partial charge in [-0.05, 0) is 25.8 Å². The minimum absolute atomic E-state index is 0.171. The first-order chi connectivity index (χ1) is 6.31. The van der Waals surface area contributed by atoms with Crippen LogP contribution in [-0.2, 0) is 4.79 Å². The second-order valence-corrected chi connectivity index (χ2v) is 3.30. The Hall–Kier alpha value is -0.570. The van der Waals surface area contributed by atoms with Crippen molar-refractivity contribution in [3.05, 3.63) is 0 Å². The molecule has 0 saturated heterocycles. The van der Waals surface area contributed by atoms with Crippen LogP contribution in [0.2, 0.25) is 0 Å². The molecule has 0 heterocycles. The number of nitrogens with two attached hydrogens (primary N) is 1. The highest BCUT2D eigenvalue weighted by Crippen LogP contribution is 1.94. The van der Waals surface area contributed by atoms with Crippen LogP contribution in [0.4, 0.5) is 0 Å². The Balaban J connectivity index is 3.11. The Kier molecular flexibility index (Phi) is 9.10. The molecule has 0 aliphatic heterocycles. The van der Waals surface area contributed by atoms with Crippen molar-refractivity contribution in [1.29, 1.82) is 0 Å². The molecule has 3 nitrogen and oxygen atoms in total. The number of carbonyl (C=O) groups is 1. The van der Waals surface area contributed by atoms with E-state index in [0.717, 1.165) is 25.8 Å². The van der Waals surface area contributed by atoms with Gasteiger partial charge in [0.25, 0.3) is 0 Å². The zero-order valence-electron chi connectivity index (χ0n) is 8.64. The minimum Gasteiger partial charge on any atom is -0.356 e. The molecular weight excluding hydrogens is 164 g/mol. The monoisotopic (exact) mass is 186 g/mol. The molecule has 0 aromatic rings. The van der Waals surface area contributed by atoms with Crippen molar-refractivity contribution in [2.45, 2.75) is 45.4 Å². The van der Waals surface area contributed by atoms with E-state index in [4.69, 9.17) is 5.73 Å². The van der Waals surface area contributed by atoms with Crippen molar-refractivity contribution in [2.75, 3.05) is 13.1 Å². The SMILES string of the molecule is CCCCCNC(=O)CCCCN. The first kappa shape index (κ1) is 12.4. The van der Waals surface area contributed by atoms with Gasteiger partial charge in [-0.15, -0.1) is 0 Å². The van der Waals surface area contributed by atoms with E-state index < -0.39 is 0 Å². The minimum atomic E-state index is 0.171. The Morgan fingerprint density at radius 2 is 2.00 bits per heavy atom. The highest BCUT2D eigenvalue weighted by atomic mass is 16.1. The van der Waals surface area contributed by atoms with Crippen LogP contribution in [0.15, 0.2) is 0 Å². The molecule has 0 atom stereocenters. The van der Waals surface area contributed by atoms with Gasteiger partial charge in [-0.25, -0.2) is 0 Å². The molecule has 1 amide bonds. The van der Waals surface area contributed by atoms with E-state index in [1.165, 1.54) is 12.8 Å². The van der Waals surface area contributed by atoms with Gasteiger partial charge in [0.15, 0.2) is 0 Å². The maximum atomic E-state index is 11.1.